The van der Waals surface area contributed by atoms with Gasteiger partial charge in [-0.05, 0) is 64.7 Å². The molecule has 3 heterocycles. The van der Waals surface area contributed by atoms with Crippen LogP contribution in [0.4, 0.5) is 0 Å². The van der Waals surface area contributed by atoms with E-state index in [0.717, 1.165) is 71.9 Å². The average molecular weight is 717 g/mol. The summed E-state index contributed by atoms with van der Waals surface area (Å²) in [7, 11) is 0. The zero-order chi connectivity index (χ0) is 37.0. The van der Waals surface area contributed by atoms with Gasteiger partial charge in [0.2, 0.25) is 0 Å². The Morgan fingerprint density at radius 1 is 0.339 bits per heavy atom. The Hall–Kier alpha value is -7.63. The Morgan fingerprint density at radius 2 is 0.786 bits per heavy atom. The molecule has 0 aliphatic heterocycles. The van der Waals surface area contributed by atoms with Crippen LogP contribution in [-0.2, 0) is 0 Å². The van der Waals surface area contributed by atoms with E-state index in [9.17, 15) is 0 Å². The second kappa shape index (κ2) is 13.0. The van der Waals surface area contributed by atoms with Crippen molar-refractivity contribution in [1.29, 1.82) is 0 Å². The highest BCUT2D eigenvalue weighted by Gasteiger charge is 2.20. The first-order valence-corrected chi connectivity index (χ1v) is 18.8. The SMILES string of the molecule is c1ccc(-c2ccc3c(c2)c2ccc4c5ccc(-c6ccc(-c7nc(-c8ccccc8)nc(-c8ccccc8)n7)cc6)cc5oc4c2n3-c2ccccc2)cc1. The van der Waals surface area contributed by atoms with Crippen LogP contribution in [0.15, 0.2) is 199 Å². The summed E-state index contributed by atoms with van der Waals surface area (Å²) in [5.74, 6) is 1.92. The number of benzene rings is 8. The summed E-state index contributed by atoms with van der Waals surface area (Å²) in [6.07, 6.45) is 0. The minimum absolute atomic E-state index is 0.630. The van der Waals surface area contributed by atoms with E-state index >= 15 is 0 Å². The van der Waals surface area contributed by atoms with E-state index in [1.165, 1.54) is 16.5 Å². The summed E-state index contributed by atoms with van der Waals surface area (Å²) < 4.78 is 9.23. The van der Waals surface area contributed by atoms with Gasteiger partial charge in [0, 0.05) is 43.9 Å². The number of furan rings is 1. The van der Waals surface area contributed by atoms with Crippen molar-refractivity contribution >= 4 is 43.7 Å². The van der Waals surface area contributed by atoms with Crippen molar-refractivity contribution in [3.05, 3.63) is 194 Å². The van der Waals surface area contributed by atoms with Crippen molar-refractivity contribution in [2.75, 3.05) is 0 Å². The van der Waals surface area contributed by atoms with Crippen LogP contribution in [-0.4, -0.2) is 19.5 Å². The molecular formula is C51H32N4O. The molecule has 0 aliphatic rings. The van der Waals surface area contributed by atoms with Crippen LogP contribution in [0.1, 0.15) is 0 Å². The second-order valence-corrected chi connectivity index (χ2v) is 14.0. The molecule has 0 bridgehead atoms. The Balaban J connectivity index is 1.02. The fourth-order valence-electron chi connectivity index (χ4n) is 7.92. The molecule has 0 spiro atoms. The van der Waals surface area contributed by atoms with Gasteiger partial charge in [-0.15, -0.1) is 0 Å². The summed E-state index contributed by atoms with van der Waals surface area (Å²) in [6, 6.07) is 67.4. The first-order valence-electron chi connectivity index (χ1n) is 18.8. The topological polar surface area (TPSA) is 56.7 Å². The fourth-order valence-corrected chi connectivity index (χ4v) is 7.92. The van der Waals surface area contributed by atoms with Gasteiger partial charge < -0.3 is 8.98 Å². The molecule has 262 valence electrons. The first-order chi connectivity index (χ1) is 27.7. The van der Waals surface area contributed by atoms with Crippen molar-refractivity contribution < 1.29 is 4.42 Å². The van der Waals surface area contributed by atoms with E-state index in [0.29, 0.717) is 17.5 Å². The molecule has 0 atom stereocenters. The normalized spacial score (nSPS) is 11.6. The third-order valence-corrected chi connectivity index (χ3v) is 10.7. The van der Waals surface area contributed by atoms with Crippen LogP contribution >= 0.6 is 0 Å². The lowest BCUT2D eigenvalue weighted by atomic mass is 10.0. The highest BCUT2D eigenvalue weighted by atomic mass is 16.3. The van der Waals surface area contributed by atoms with Crippen LogP contribution in [0.2, 0.25) is 0 Å². The monoisotopic (exact) mass is 716 g/mol. The summed E-state index contributed by atoms with van der Waals surface area (Å²) in [5.41, 5.74) is 12.4. The summed E-state index contributed by atoms with van der Waals surface area (Å²) >= 11 is 0. The van der Waals surface area contributed by atoms with Crippen LogP contribution in [0.5, 0.6) is 0 Å². The molecule has 0 unspecified atom stereocenters. The van der Waals surface area contributed by atoms with Crippen molar-refractivity contribution in [2.24, 2.45) is 0 Å². The third kappa shape index (κ3) is 5.37. The number of fused-ring (bicyclic) bond motifs is 7. The van der Waals surface area contributed by atoms with Gasteiger partial charge >= 0.3 is 0 Å². The Bertz CT molecular complexity index is 3150. The van der Waals surface area contributed by atoms with Gasteiger partial charge in [0.1, 0.15) is 5.58 Å². The minimum atomic E-state index is 0.630. The molecule has 5 nitrogen and oxygen atoms in total. The smallest absolute Gasteiger partial charge is 0.164 e. The molecule has 0 aliphatic carbocycles. The maximum absolute atomic E-state index is 6.89. The van der Waals surface area contributed by atoms with Gasteiger partial charge in [-0.25, -0.2) is 15.0 Å². The molecule has 8 aromatic carbocycles. The van der Waals surface area contributed by atoms with Gasteiger partial charge in [-0.3, -0.25) is 0 Å². The second-order valence-electron chi connectivity index (χ2n) is 14.0. The predicted molar refractivity (Wildman–Crippen MR) is 229 cm³/mol. The van der Waals surface area contributed by atoms with Gasteiger partial charge in [-0.1, -0.05) is 152 Å². The molecule has 0 amide bonds. The molecule has 0 saturated heterocycles. The van der Waals surface area contributed by atoms with E-state index in [1.54, 1.807) is 0 Å². The van der Waals surface area contributed by atoms with Crippen LogP contribution < -0.4 is 0 Å². The predicted octanol–water partition coefficient (Wildman–Crippen LogP) is 13.2. The van der Waals surface area contributed by atoms with Gasteiger partial charge in [0.05, 0.1) is 11.0 Å². The fraction of sp³-hybridized carbons (Fsp3) is 0. The Morgan fingerprint density at radius 3 is 1.41 bits per heavy atom. The lowest BCUT2D eigenvalue weighted by Crippen LogP contribution is -2.00. The first kappa shape index (κ1) is 31.9. The molecule has 3 aromatic heterocycles. The van der Waals surface area contributed by atoms with Gasteiger partial charge in [0.15, 0.2) is 23.1 Å². The standard InChI is InChI=1S/C51H32N4O/c1-5-13-33(14-6-1)38-26-30-45-44(31-38)42-28-29-43-41-27-25-39(32-46(41)56-48(43)47(42)55(45)40-19-11-4-12-20-40)34-21-23-37(24-22-34)51-53-49(35-15-7-2-8-16-35)52-50(54-51)36-17-9-3-10-18-36/h1-32H. The van der Waals surface area contributed by atoms with E-state index in [2.05, 4.69) is 138 Å². The van der Waals surface area contributed by atoms with Crippen LogP contribution in [0, 0.1) is 0 Å². The number of para-hydroxylation sites is 1. The summed E-state index contributed by atoms with van der Waals surface area (Å²) in [4.78, 5) is 14.7. The molecule has 0 N–H and O–H groups in total. The van der Waals surface area contributed by atoms with Crippen LogP contribution in [0.25, 0.3) is 106 Å². The number of hydrogen-bond acceptors (Lipinski definition) is 4. The van der Waals surface area contributed by atoms with E-state index < -0.39 is 0 Å². The van der Waals surface area contributed by atoms with Crippen molar-refractivity contribution in [3.8, 4) is 62.1 Å². The van der Waals surface area contributed by atoms with Crippen LogP contribution in [0.3, 0.4) is 0 Å². The molecule has 5 heteroatoms. The molecular weight excluding hydrogens is 685 g/mol. The molecule has 0 fully saturated rings. The minimum Gasteiger partial charge on any atom is -0.454 e. The number of rotatable bonds is 6. The number of nitrogens with zero attached hydrogens (tertiary/aromatic N) is 4. The summed E-state index contributed by atoms with van der Waals surface area (Å²) in [5, 5.41) is 4.53. The Kier molecular flexibility index (Phi) is 7.42. The molecule has 11 aromatic rings. The van der Waals surface area contributed by atoms with E-state index in [4.69, 9.17) is 19.4 Å². The maximum Gasteiger partial charge on any atom is 0.164 e. The highest BCUT2D eigenvalue weighted by Crippen LogP contribution is 2.42. The van der Waals surface area contributed by atoms with Gasteiger partial charge in [-0.2, -0.15) is 0 Å². The largest absolute Gasteiger partial charge is 0.454 e. The molecule has 56 heavy (non-hydrogen) atoms. The van der Waals surface area contributed by atoms with Crippen molar-refractivity contribution in [1.82, 2.24) is 19.5 Å². The lowest BCUT2D eigenvalue weighted by molar-refractivity contribution is 0.671. The van der Waals surface area contributed by atoms with Gasteiger partial charge in [0.25, 0.3) is 0 Å². The maximum atomic E-state index is 6.89. The van der Waals surface area contributed by atoms with Crippen molar-refractivity contribution in [3.63, 3.8) is 0 Å². The van der Waals surface area contributed by atoms with E-state index in [-0.39, 0.29) is 0 Å². The van der Waals surface area contributed by atoms with Crippen molar-refractivity contribution in [2.45, 2.75) is 0 Å². The Labute approximate surface area is 322 Å². The van der Waals surface area contributed by atoms with E-state index in [1.807, 2.05) is 60.7 Å². The lowest BCUT2D eigenvalue weighted by Gasteiger charge is -2.09. The zero-order valence-corrected chi connectivity index (χ0v) is 30.2. The number of aromatic nitrogens is 4. The molecule has 0 radical (unpaired) electrons. The molecule has 11 rings (SSSR count). The molecule has 0 saturated carbocycles. The zero-order valence-electron chi connectivity index (χ0n) is 30.2. The number of hydrogen-bond donors (Lipinski definition) is 0. The summed E-state index contributed by atoms with van der Waals surface area (Å²) in [6.45, 7) is 0. The average Bonchev–Trinajstić information content (AvgIpc) is 3.83. The third-order valence-electron chi connectivity index (χ3n) is 10.7. The highest BCUT2D eigenvalue weighted by molar-refractivity contribution is 6.22. The quantitative estimate of drug-likeness (QED) is 0.172.